The number of carboxylic acids is 1. The number of hydrogen-bond donors (Lipinski definition) is 2. The Hall–Kier alpha value is -3.57. The van der Waals surface area contributed by atoms with Gasteiger partial charge in [0.2, 0.25) is 0 Å². The van der Waals surface area contributed by atoms with Crippen molar-refractivity contribution in [3.05, 3.63) is 40.7 Å². The molecule has 11 nitrogen and oxygen atoms in total. The first kappa shape index (κ1) is 26.1. The van der Waals surface area contributed by atoms with Crippen molar-refractivity contribution in [3.8, 4) is 5.75 Å². The molecule has 4 aliphatic rings. The molecule has 0 aromatic heterocycles. The Labute approximate surface area is 218 Å². The van der Waals surface area contributed by atoms with Crippen molar-refractivity contribution in [2.24, 2.45) is 0 Å². The summed E-state index contributed by atoms with van der Waals surface area (Å²) in [7, 11) is 1.97. The van der Waals surface area contributed by atoms with E-state index in [-0.39, 0.29) is 24.6 Å². The molecule has 2 bridgehead atoms. The summed E-state index contributed by atoms with van der Waals surface area (Å²) in [5.41, 5.74) is 0.0580. The number of rotatable bonds is 9. The van der Waals surface area contributed by atoms with Crippen molar-refractivity contribution in [3.63, 3.8) is 0 Å². The zero-order chi connectivity index (χ0) is 27.4. The average Bonchev–Trinajstić information content (AvgIpc) is 3.21. The van der Waals surface area contributed by atoms with E-state index in [4.69, 9.17) is 19.3 Å². The number of aldehydes is 1. The maximum absolute atomic E-state index is 12.7. The number of hydrogen-bond acceptors (Lipinski definition) is 10. The van der Waals surface area contributed by atoms with E-state index in [0.717, 1.165) is 18.1 Å². The van der Waals surface area contributed by atoms with Crippen LogP contribution in [0.1, 0.15) is 60.5 Å². The quantitative estimate of drug-likeness (QED) is 0.350. The second-order valence-corrected chi connectivity index (χ2v) is 10.5. The molecule has 0 saturated carbocycles. The highest BCUT2D eigenvalue weighted by Gasteiger charge is 2.71. The molecule has 2 N–H and O–H groups in total. The molecule has 202 valence electrons. The maximum atomic E-state index is 12.7. The summed E-state index contributed by atoms with van der Waals surface area (Å²) in [6, 6.07) is 3.41. The number of aliphatic carboxylic acids is 1. The fourth-order valence-corrected chi connectivity index (χ4v) is 6.60. The number of aliphatic hydroxyl groups is 1. The second kappa shape index (κ2) is 9.32. The highest BCUT2D eigenvalue weighted by atomic mass is 16.6. The van der Waals surface area contributed by atoms with Crippen molar-refractivity contribution >= 4 is 30.0 Å². The standard InChI is InChI=1S/C27H29NO10/c1-14(30)18(12-20(31)32)37-22(34)6-5-21(33)36-17-7-8-27(35)19-11-15-3-4-16(13-29)24-23(15)26(27,25(17)38-24)9-10-28(19)2/h3-4,7,13,18-19,25,35H,5-6,8-12H2,1-2H3,(H,31,32)/t18-,19-,25+,26+,27-/m1/s1. The Morgan fingerprint density at radius 2 is 1.97 bits per heavy atom. The molecule has 1 spiro atoms. The fourth-order valence-electron chi connectivity index (χ4n) is 6.60. The van der Waals surface area contributed by atoms with E-state index < -0.39 is 59.8 Å². The Balaban J connectivity index is 1.36. The van der Waals surface area contributed by atoms with Crippen LogP contribution in [0.3, 0.4) is 0 Å². The van der Waals surface area contributed by atoms with Gasteiger partial charge < -0.3 is 29.3 Å². The van der Waals surface area contributed by atoms with Crippen molar-refractivity contribution in [1.82, 2.24) is 4.90 Å². The molecule has 0 unspecified atom stereocenters. The van der Waals surface area contributed by atoms with Gasteiger partial charge in [-0.25, -0.2) is 0 Å². The smallest absolute Gasteiger partial charge is 0.311 e. The average molecular weight is 528 g/mol. The molecule has 2 aliphatic heterocycles. The Bertz CT molecular complexity index is 1270. The van der Waals surface area contributed by atoms with Crippen molar-refractivity contribution < 1.29 is 48.4 Å². The van der Waals surface area contributed by atoms with Crippen LogP contribution in [0.2, 0.25) is 0 Å². The number of ketones is 1. The number of benzene rings is 1. The van der Waals surface area contributed by atoms with Crippen LogP contribution in [-0.2, 0) is 40.5 Å². The van der Waals surface area contributed by atoms with Crippen LogP contribution in [0.15, 0.2) is 24.0 Å². The third kappa shape index (κ3) is 3.83. The van der Waals surface area contributed by atoms with Crippen LogP contribution in [0.25, 0.3) is 0 Å². The highest BCUT2D eigenvalue weighted by Crippen LogP contribution is 2.64. The van der Waals surface area contributed by atoms with Crippen molar-refractivity contribution in [1.29, 1.82) is 0 Å². The monoisotopic (exact) mass is 527 g/mol. The molecule has 38 heavy (non-hydrogen) atoms. The number of carbonyl (C=O) groups excluding carboxylic acids is 4. The molecule has 1 saturated heterocycles. The number of Topliss-reactive ketones (excluding diaryl/α,β-unsaturated/α-hetero) is 1. The normalized spacial score (nSPS) is 29.3. The van der Waals surface area contributed by atoms with Gasteiger partial charge in [-0.2, -0.15) is 0 Å². The minimum atomic E-state index is -1.43. The lowest BCUT2D eigenvalue weighted by Crippen LogP contribution is -2.74. The summed E-state index contributed by atoms with van der Waals surface area (Å²) in [5, 5.41) is 21.0. The van der Waals surface area contributed by atoms with Crippen LogP contribution in [0.5, 0.6) is 5.75 Å². The Morgan fingerprint density at radius 1 is 1.24 bits per heavy atom. The zero-order valence-electron chi connectivity index (χ0n) is 21.1. The lowest BCUT2D eigenvalue weighted by Gasteiger charge is -2.61. The maximum Gasteiger partial charge on any atom is 0.311 e. The van der Waals surface area contributed by atoms with E-state index in [0.29, 0.717) is 37.0 Å². The van der Waals surface area contributed by atoms with Gasteiger partial charge in [0.15, 0.2) is 24.3 Å². The molecule has 0 amide bonds. The first-order valence-corrected chi connectivity index (χ1v) is 12.5. The molecule has 5 rings (SSSR count). The summed E-state index contributed by atoms with van der Waals surface area (Å²) < 4.78 is 16.9. The fraction of sp³-hybridized carbons (Fsp3) is 0.519. The van der Waals surface area contributed by atoms with Gasteiger partial charge in [-0.3, -0.25) is 24.0 Å². The molecule has 5 atom stereocenters. The lowest BCUT2D eigenvalue weighted by atomic mass is 9.50. The number of carboxylic acid groups (broad SMARTS) is 1. The second-order valence-electron chi connectivity index (χ2n) is 10.5. The minimum absolute atomic E-state index is 0.189. The van der Waals surface area contributed by atoms with Gasteiger partial charge in [-0.1, -0.05) is 6.07 Å². The Kier molecular flexibility index (Phi) is 6.39. The largest absolute Gasteiger partial charge is 0.481 e. The lowest BCUT2D eigenvalue weighted by molar-refractivity contribution is -0.170. The topological polar surface area (TPSA) is 157 Å². The van der Waals surface area contributed by atoms with Gasteiger partial charge in [0.1, 0.15) is 11.5 Å². The Morgan fingerprint density at radius 3 is 2.66 bits per heavy atom. The van der Waals surface area contributed by atoms with E-state index in [1.807, 2.05) is 13.1 Å². The van der Waals surface area contributed by atoms with E-state index in [1.165, 1.54) is 0 Å². The molecule has 1 fully saturated rings. The van der Waals surface area contributed by atoms with Crippen molar-refractivity contribution in [2.45, 2.75) is 74.7 Å². The van der Waals surface area contributed by atoms with E-state index in [9.17, 15) is 29.1 Å². The number of likely N-dealkylation sites (N-methyl/N-ethyl adjacent to an activating group) is 1. The summed E-state index contributed by atoms with van der Waals surface area (Å²) in [6.45, 7) is 1.79. The third-order valence-corrected chi connectivity index (χ3v) is 8.38. The van der Waals surface area contributed by atoms with Gasteiger partial charge in [0.05, 0.1) is 35.8 Å². The minimum Gasteiger partial charge on any atom is -0.481 e. The number of likely N-dealkylation sites (tertiary alicyclic amines) is 1. The number of nitrogens with zero attached hydrogens (tertiary/aromatic N) is 1. The van der Waals surface area contributed by atoms with Gasteiger partial charge in [0.25, 0.3) is 0 Å². The van der Waals surface area contributed by atoms with Crippen LogP contribution >= 0.6 is 0 Å². The molecule has 2 aliphatic carbocycles. The first-order valence-electron chi connectivity index (χ1n) is 12.5. The molecular formula is C27H29NO10. The predicted molar refractivity (Wildman–Crippen MR) is 128 cm³/mol. The SMILES string of the molecule is CC(=O)[C@@H](CC(=O)O)OC(=O)CCC(=O)OC1=CC[C@@]2(O)[C@H]3Cc4ccc(C=O)c5c4[C@@]2(CCN3C)[C@H]1O5. The molecule has 2 heterocycles. The van der Waals surface area contributed by atoms with E-state index in [2.05, 4.69) is 4.90 Å². The third-order valence-electron chi connectivity index (χ3n) is 8.38. The van der Waals surface area contributed by atoms with E-state index in [1.54, 1.807) is 12.1 Å². The summed E-state index contributed by atoms with van der Waals surface area (Å²) in [5.74, 6) is -2.93. The van der Waals surface area contributed by atoms with Crippen LogP contribution in [0.4, 0.5) is 0 Å². The summed E-state index contributed by atoms with van der Waals surface area (Å²) in [6.07, 6.45) is -0.0172. The zero-order valence-corrected chi connectivity index (χ0v) is 21.1. The number of carbonyl (C=O) groups is 5. The van der Waals surface area contributed by atoms with Gasteiger partial charge in [0, 0.05) is 18.0 Å². The molecule has 1 aromatic carbocycles. The molecular weight excluding hydrogens is 498 g/mol. The van der Waals surface area contributed by atoms with Crippen LogP contribution in [-0.4, -0.2) is 82.5 Å². The van der Waals surface area contributed by atoms with Gasteiger partial charge in [-0.15, -0.1) is 0 Å². The molecule has 11 heteroatoms. The number of piperidine rings is 1. The summed E-state index contributed by atoms with van der Waals surface area (Å²) in [4.78, 5) is 61.3. The van der Waals surface area contributed by atoms with Gasteiger partial charge in [-0.05, 0) is 51.1 Å². The number of esters is 2. The van der Waals surface area contributed by atoms with Crippen LogP contribution in [0, 0.1) is 0 Å². The highest BCUT2D eigenvalue weighted by molar-refractivity contribution is 5.88. The predicted octanol–water partition coefficient (Wildman–Crippen LogP) is 1.08. The summed E-state index contributed by atoms with van der Waals surface area (Å²) >= 11 is 0. The van der Waals surface area contributed by atoms with Crippen molar-refractivity contribution in [2.75, 3.05) is 13.6 Å². The van der Waals surface area contributed by atoms with E-state index >= 15 is 0 Å². The molecule has 0 radical (unpaired) electrons. The first-order chi connectivity index (χ1) is 18.0. The molecule has 1 aromatic rings. The van der Waals surface area contributed by atoms with Gasteiger partial charge >= 0.3 is 17.9 Å². The van der Waals surface area contributed by atoms with Crippen LogP contribution < -0.4 is 4.74 Å². The number of ether oxygens (including phenoxy) is 3.